The van der Waals surface area contributed by atoms with Gasteiger partial charge in [0.2, 0.25) is 0 Å². The van der Waals surface area contributed by atoms with Crippen LogP contribution in [0.4, 0.5) is 0 Å². The molecular weight excluding hydrogens is 357 g/mol. The summed E-state index contributed by atoms with van der Waals surface area (Å²) in [5.74, 6) is 0. The second-order valence-corrected chi connectivity index (χ2v) is 7.33. The van der Waals surface area contributed by atoms with Crippen LogP contribution in [0, 0.1) is 0 Å². The highest BCUT2D eigenvalue weighted by atomic mass is 35.5. The molecule has 25 heavy (non-hydrogen) atoms. The van der Waals surface area contributed by atoms with Gasteiger partial charge in [-0.2, -0.15) is 0 Å². The zero-order valence-corrected chi connectivity index (χ0v) is 16.7. The minimum absolute atomic E-state index is 0. The number of likely N-dealkylation sites (tertiary alicyclic amines) is 1. The van der Waals surface area contributed by atoms with Crippen LogP contribution in [0.3, 0.4) is 0 Å². The van der Waals surface area contributed by atoms with Crippen molar-refractivity contribution in [3.05, 3.63) is 35.9 Å². The number of hydrogen-bond acceptors (Lipinski definition) is 4. The molecule has 0 N–H and O–H groups in total. The number of piperazine rings is 1. The smallest absolute Gasteiger partial charge is 0.101 e. The van der Waals surface area contributed by atoms with E-state index >= 15 is 0 Å². The van der Waals surface area contributed by atoms with Crippen molar-refractivity contribution in [3.63, 3.8) is 0 Å². The maximum atomic E-state index is 5.67. The monoisotopic (exact) mass is 387 g/mol. The minimum Gasteiger partial charge on any atom is -0.371 e. The van der Waals surface area contributed by atoms with Crippen LogP contribution in [0.2, 0.25) is 0 Å². The number of hydrogen-bond donors (Lipinski definition) is 0. The fourth-order valence-electron chi connectivity index (χ4n) is 4.29. The molecule has 0 spiro atoms. The molecule has 0 aromatic heterocycles. The number of epoxide rings is 1. The van der Waals surface area contributed by atoms with Crippen LogP contribution >= 0.6 is 24.8 Å². The van der Waals surface area contributed by atoms with Gasteiger partial charge in [-0.05, 0) is 38.5 Å². The van der Waals surface area contributed by atoms with Gasteiger partial charge in [0.05, 0.1) is 12.6 Å². The average molecular weight is 388 g/mol. The van der Waals surface area contributed by atoms with Crippen molar-refractivity contribution in [1.29, 1.82) is 0 Å². The van der Waals surface area contributed by atoms with Gasteiger partial charge >= 0.3 is 0 Å². The molecule has 0 saturated carbocycles. The van der Waals surface area contributed by atoms with E-state index in [1.807, 2.05) is 0 Å². The van der Waals surface area contributed by atoms with Gasteiger partial charge in [-0.1, -0.05) is 30.3 Å². The maximum absolute atomic E-state index is 5.67. The number of rotatable bonds is 4. The van der Waals surface area contributed by atoms with E-state index < -0.39 is 0 Å². The van der Waals surface area contributed by atoms with Crippen LogP contribution in [0.25, 0.3) is 0 Å². The molecule has 3 fully saturated rings. The van der Waals surface area contributed by atoms with Crippen LogP contribution < -0.4 is 0 Å². The van der Waals surface area contributed by atoms with Crippen molar-refractivity contribution in [2.24, 2.45) is 0 Å². The van der Waals surface area contributed by atoms with E-state index in [0.29, 0.717) is 12.1 Å². The number of benzene rings is 1. The van der Waals surface area contributed by atoms with Crippen LogP contribution in [-0.2, 0) is 4.74 Å². The predicted octanol–water partition coefficient (Wildman–Crippen LogP) is 2.68. The molecule has 1 aromatic carbocycles. The molecular formula is C19H31Cl2N3O. The average Bonchev–Trinajstić information content (AvgIpc) is 3.43. The van der Waals surface area contributed by atoms with Gasteiger partial charge in [-0.15, -0.1) is 24.8 Å². The van der Waals surface area contributed by atoms with Crippen LogP contribution in [0.5, 0.6) is 0 Å². The lowest BCUT2D eigenvalue weighted by atomic mass is 9.99. The molecule has 1 aromatic rings. The lowest BCUT2D eigenvalue weighted by Crippen LogP contribution is -2.54. The molecule has 2 atom stereocenters. The van der Waals surface area contributed by atoms with Crippen molar-refractivity contribution in [2.75, 3.05) is 52.9 Å². The Hall–Kier alpha value is -0.360. The molecule has 4 nitrogen and oxygen atoms in total. The fourth-order valence-corrected chi connectivity index (χ4v) is 4.29. The van der Waals surface area contributed by atoms with Crippen molar-refractivity contribution < 1.29 is 4.74 Å². The first-order valence-electron chi connectivity index (χ1n) is 9.14. The quantitative estimate of drug-likeness (QED) is 0.740. The van der Waals surface area contributed by atoms with E-state index in [2.05, 4.69) is 52.1 Å². The lowest BCUT2D eigenvalue weighted by Gasteiger charge is -2.44. The Morgan fingerprint density at radius 3 is 2.08 bits per heavy atom. The summed E-state index contributed by atoms with van der Waals surface area (Å²) in [5.41, 5.74) is 1.42. The SMILES string of the molecule is CN1CCC(N2CCN(C(c3ccccc3)C3CO3)CC2)CC1.Cl.Cl. The molecule has 0 aliphatic carbocycles. The van der Waals surface area contributed by atoms with Crippen molar-refractivity contribution in [3.8, 4) is 0 Å². The van der Waals surface area contributed by atoms with Gasteiger partial charge in [0, 0.05) is 32.2 Å². The first-order chi connectivity index (χ1) is 11.3. The first kappa shape index (κ1) is 20.9. The summed E-state index contributed by atoms with van der Waals surface area (Å²) in [5, 5.41) is 0. The van der Waals surface area contributed by atoms with E-state index in [0.717, 1.165) is 12.6 Å². The molecule has 3 aliphatic rings. The summed E-state index contributed by atoms with van der Waals surface area (Å²) in [6.07, 6.45) is 3.08. The molecule has 0 radical (unpaired) electrons. The number of piperidine rings is 1. The van der Waals surface area contributed by atoms with Gasteiger partial charge in [0.1, 0.15) is 6.10 Å². The fraction of sp³-hybridized carbons (Fsp3) is 0.684. The Morgan fingerprint density at radius 2 is 1.52 bits per heavy atom. The Morgan fingerprint density at radius 1 is 0.920 bits per heavy atom. The Kier molecular flexibility index (Phi) is 7.99. The van der Waals surface area contributed by atoms with E-state index in [-0.39, 0.29) is 24.8 Å². The maximum Gasteiger partial charge on any atom is 0.101 e. The van der Waals surface area contributed by atoms with Crippen LogP contribution in [0.15, 0.2) is 30.3 Å². The molecule has 3 aliphatic heterocycles. The van der Waals surface area contributed by atoms with Gasteiger partial charge in [-0.3, -0.25) is 9.80 Å². The summed E-state index contributed by atoms with van der Waals surface area (Å²) < 4.78 is 5.67. The minimum atomic E-state index is 0. The van der Waals surface area contributed by atoms with Gasteiger partial charge in [0.25, 0.3) is 0 Å². The van der Waals surface area contributed by atoms with Gasteiger partial charge in [0.15, 0.2) is 0 Å². The van der Waals surface area contributed by atoms with Gasteiger partial charge < -0.3 is 9.64 Å². The second-order valence-electron chi connectivity index (χ2n) is 7.33. The number of nitrogens with zero attached hydrogens (tertiary/aromatic N) is 3. The third-order valence-electron chi connectivity index (χ3n) is 5.80. The highest BCUT2D eigenvalue weighted by Gasteiger charge is 2.39. The zero-order chi connectivity index (χ0) is 15.6. The van der Waals surface area contributed by atoms with Gasteiger partial charge in [-0.25, -0.2) is 0 Å². The Bertz CT molecular complexity index is 499. The third-order valence-corrected chi connectivity index (χ3v) is 5.80. The van der Waals surface area contributed by atoms with E-state index in [9.17, 15) is 0 Å². The largest absolute Gasteiger partial charge is 0.371 e. The Labute approximate surface area is 164 Å². The van der Waals surface area contributed by atoms with Crippen molar-refractivity contribution in [1.82, 2.24) is 14.7 Å². The highest BCUT2D eigenvalue weighted by molar-refractivity contribution is 5.85. The summed E-state index contributed by atoms with van der Waals surface area (Å²) in [6, 6.07) is 12.2. The summed E-state index contributed by atoms with van der Waals surface area (Å²) >= 11 is 0. The summed E-state index contributed by atoms with van der Waals surface area (Å²) in [7, 11) is 2.24. The molecule has 142 valence electrons. The molecule has 3 saturated heterocycles. The van der Waals surface area contributed by atoms with Crippen LogP contribution in [0.1, 0.15) is 24.4 Å². The zero-order valence-electron chi connectivity index (χ0n) is 15.0. The third kappa shape index (κ3) is 5.09. The van der Waals surface area contributed by atoms with E-state index in [1.54, 1.807) is 0 Å². The number of halogens is 2. The molecule has 2 unspecified atom stereocenters. The molecule has 0 amide bonds. The molecule has 4 rings (SSSR count). The lowest BCUT2D eigenvalue weighted by molar-refractivity contribution is 0.0394. The first-order valence-corrected chi connectivity index (χ1v) is 9.14. The second kappa shape index (κ2) is 9.54. The highest BCUT2D eigenvalue weighted by Crippen LogP contribution is 2.34. The van der Waals surface area contributed by atoms with E-state index in [1.165, 1.54) is 57.7 Å². The van der Waals surface area contributed by atoms with Crippen LogP contribution in [-0.4, -0.2) is 79.8 Å². The molecule has 0 bridgehead atoms. The summed E-state index contributed by atoms with van der Waals surface area (Å²) in [4.78, 5) is 7.85. The van der Waals surface area contributed by atoms with E-state index in [4.69, 9.17) is 4.74 Å². The summed E-state index contributed by atoms with van der Waals surface area (Å²) in [6.45, 7) is 8.21. The molecule has 3 heterocycles. The molecule has 6 heteroatoms. The standard InChI is InChI=1S/C19H29N3O.2ClH/c1-20-9-7-17(8-10-20)21-11-13-22(14-12-21)19(18-15-23-18)16-5-3-2-4-6-16;;/h2-6,17-19H,7-15H2,1H3;2*1H. The normalized spacial score (nSPS) is 27.2. The Balaban J connectivity index is 0.00000113. The predicted molar refractivity (Wildman–Crippen MR) is 107 cm³/mol. The van der Waals surface area contributed by atoms with Crippen molar-refractivity contribution in [2.45, 2.75) is 31.0 Å². The van der Waals surface area contributed by atoms with Crippen molar-refractivity contribution >= 4 is 24.8 Å². The number of ether oxygens (including phenoxy) is 1. The topological polar surface area (TPSA) is 22.2 Å².